The summed E-state index contributed by atoms with van der Waals surface area (Å²) in [5.41, 5.74) is 2.77. The lowest BCUT2D eigenvalue weighted by atomic mass is 9.97. The quantitative estimate of drug-likeness (QED) is 0.766. The minimum absolute atomic E-state index is 0.0106. The maximum absolute atomic E-state index is 13.0. The first-order chi connectivity index (χ1) is 13.5. The van der Waals surface area contributed by atoms with Gasteiger partial charge in [-0.05, 0) is 60.6 Å². The molecule has 1 heterocycles. The van der Waals surface area contributed by atoms with Crippen LogP contribution in [0.15, 0.2) is 48.5 Å². The van der Waals surface area contributed by atoms with E-state index in [0.29, 0.717) is 19.3 Å². The molecule has 28 heavy (non-hydrogen) atoms. The molecule has 0 bridgehead atoms. The van der Waals surface area contributed by atoms with Crippen molar-refractivity contribution in [2.24, 2.45) is 0 Å². The largest absolute Gasteiger partial charge is 0.343 e. The smallest absolute Gasteiger partial charge is 0.224 e. The maximum Gasteiger partial charge on any atom is 0.224 e. The molecule has 1 atom stereocenters. The molecule has 2 amide bonds. The van der Waals surface area contributed by atoms with E-state index in [9.17, 15) is 14.0 Å². The number of anilines is 1. The number of carbonyl (C=O) groups excluding carboxylic acids is 2. The molecule has 2 aromatic rings. The summed E-state index contributed by atoms with van der Waals surface area (Å²) in [6, 6.07) is 13.9. The molecule has 5 heteroatoms. The predicted molar refractivity (Wildman–Crippen MR) is 109 cm³/mol. The lowest BCUT2D eigenvalue weighted by molar-refractivity contribution is -0.130. The zero-order chi connectivity index (χ0) is 19.9. The van der Waals surface area contributed by atoms with E-state index in [1.807, 2.05) is 36.1 Å². The van der Waals surface area contributed by atoms with Crippen LogP contribution in [0.1, 0.15) is 49.7 Å². The molecule has 1 unspecified atom stereocenters. The fourth-order valence-corrected chi connectivity index (χ4v) is 3.53. The number of carbonyl (C=O) groups is 2. The molecule has 4 nitrogen and oxygen atoms in total. The van der Waals surface area contributed by atoms with E-state index in [4.69, 9.17) is 0 Å². The van der Waals surface area contributed by atoms with Crippen LogP contribution in [0.3, 0.4) is 0 Å². The summed E-state index contributed by atoms with van der Waals surface area (Å²) in [6.07, 6.45) is 3.80. The molecule has 2 aromatic carbocycles. The Morgan fingerprint density at radius 2 is 1.68 bits per heavy atom. The average Bonchev–Trinajstić information content (AvgIpc) is 3.22. The number of aryl methyl sites for hydroxylation is 1. The van der Waals surface area contributed by atoms with Crippen molar-refractivity contribution >= 4 is 17.5 Å². The monoisotopic (exact) mass is 382 g/mol. The van der Waals surface area contributed by atoms with Crippen LogP contribution >= 0.6 is 0 Å². The highest BCUT2D eigenvalue weighted by atomic mass is 19.1. The second-order valence-electron chi connectivity index (χ2n) is 7.49. The Kier molecular flexibility index (Phi) is 6.80. The highest BCUT2D eigenvalue weighted by Crippen LogP contribution is 2.20. The van der Waals surface area contributed by atoms with Crippen molar-refractivity contribution in [3.05, 3.63) is 65.5 Å². The maximum atomic E-state index is 13.0. The van der Waals surface area contributed by atoms with Gasteiger partial charge < -0.3 is 10.2 Å². The Labute approximate surface area is 165 Å². The zero-order valence-electron chi connectivity index (χ0n) is 16.3. The molecule has 1 aliphatic rings. The minimum atomic E-state index is -0.275. The van der Waals surface area contributed by atoms with Gasteiger partial charge in [0.25, 0.3) is 0 Å². The number of likely N-dealkylation sites (tertiary alicyclic amines) is 1. The lowest BCUT2D eigenvalue weighted by Gasteiger charge is -2.15. The summed E-state index contributed by atoms with van der Waals surface area (Å²) in [7, 11) is 0. The van der Waals surface area contributed by atoms with Crippen molar-refractivity contribution < 1.29 is 14.0 Å². The van der Waals surface area contributed by atoms with Crippen LogP contribution in [-0.4, -0.2) is 29.8 Å². The molecule has 1 N–H and O–H groups in total. The number of nitrogens with zero attached hydrogens (tertiary/aromatic N) is 1. The molecular formula is C23H27FN2O2. The Bertz CT molecular complexity index is 796. The van der Waals surface area contributed by atoms with E-state index < -0.39 is 0 Å². The minimum Gasteiger partial charge on any atom is -0.343 e. The third-order valence-electron chi connectivity index (χ3n) is 5.25. The van der Waals surface area contributed by atoms with E-state index in [2.05, 4.69) is 5.32 Å². The highest BCUT2D eigenvalue weighted by molar-refractivity contribution is 5.91. The fourth-order valence-electron chi connectivity index (χ4n) is 3.53. The molecule has 0 spiro atoms. The van der Waals surface area contributed by atoms with Crippen LogP contribution in [0.4, 0.5) is 10.1 Å². The van der Waals surface area contributed by atoms with Gasteiger partial charge >= 0.3 is 0 Å². The van der Waals surface area contributed by atoms with Crippen LogP contribution < -0.4 is 5.32 Å². The number of nitrogens with one attached hydrogen (secondary N) is 1. The SMILES string of the molecule is CC(CC(=O)Nc1ccc(CCC(=O)N2CCCC2)cc1)c1ccc(F)cc1. The molecule has 1 fully saturated rings. The molecular weight excluding hydrogens is 355 g/mol. The second kappa shape index (κ2) is 9.49. The summed E-state index contributed by atoms with van der Waals surface area (Å²) in [4.78, 5) is 26.3. The van der Waals surface area contributed by atoms with Gasteiger partial charge in [-0.2, -0.15) is 0 Å². The van der Waals surface area contributed by atoms with Crippen LogP contribution in [0.2, 0.25) is 0 Å². The molecule has 1 aliphatic heterocycles. The lowest BCUT2D eigenvalue weighted by Crippen LogP contribution is -2.27. The molecule has 0 aromatic heterocycles. The van der Waals surface area contributed by atoms with Crippen molar-refractivity contribution in [2.45, 2.75) is 44.9 Å². The van der Waals surface area contributed by atoms with Gasteiger partial charge in [-0.25, -0.2) is 4.39 Å². The van der Waals surface area contributed by atoms with Gasteiger partial charge in [-0.3, -0.25) is 9.59 Å². The average molecular weight is 382 g/mol. The molecule has 1 saturated heterocycles. The number of hydrogen-bond donors (Lipinski definition) is 1. The van der Waals surface area contributed by atoms with Crippen molar-refractivity contribution in [2.75, 3.05) is 18.4 Å². The van der Waals surface area contributed by atoms with E-state index in [1.165, 1.54) is 12.1 Å². The van der Waals surface area contributed by atoms with Crippen LogP contribution in [0.25, 0.3) is 0 Å². The third-order valence-corrected chi connectivity index (χ3v) is 5.25. The summed E-state index contributed by atoms with van der Waals surface area (Å²) in [5.74, 6) is -0.113. The highest BCUT2D eigenvalue weighted by Gasteiger charge is 2.17. The number of benzene rings is 2. The van der Waals surface area contributed by atoms with Crippen molar-refractivity contribution in [3.8, 4) is 0 Å². The van der Waals surface area contributed by atoms with E-state index in [1.54, 1.807) is 12.1 Å². The van der Waals surface area contributed by atoms with Gasteiger partial charge in [0, 0.05) is 31.6 Å². The standard InChI is InChI=1S/C23H27FN2O2/c1-17(19-7-9-20(24)10-8-19)16-22(27)25-21-11-4-18(5-12-21)6-13-23(28)26-14-2-3-15-26/h4-5,7-12,17H,2-3,6,13-16H2,1H3,(H,25,27). The predicted octanol–water partition coefficient (Wildman–Crippen LogP) is 4.51. The van der Waals surface area contributed by atoms with E-state index in [0.717, 1.165) is 42.7 Å². The fraction of sp³-hybridized carbons (Fsp3) is 0.391. The van der Waals surface area contributed by atoms with Crippen molar-refractivity contribution in [1.82, 2.24) is 4.90 Å². The molecule has 0 radical (unpaired) electrons. The Hall–Kier alpha value is -2.69. The first kappa shape index (κ1) is 20.1. The van der Waals surface area contributed by atoms with Crippen LogP contribution in [-0.2, 0) is 16.0 Å². The summed E-state index contributed by atoms with van der Waals surface area (Å²) >= 11 is 0. The van der Waals surface area contributed by atoms with Gasteiger partial charge in [0.1, 0.15) is 5.82 Å². The normalized spacial score (nSPS) is 14.7. The second-order valence-corrected chi connectivity index (χ2v) is 7.49. The number of hydrogen-bond acceptors (Lipinski definition) is 2. The third kappa shape index (κ3) is 5.65. The van der Waals surface area contributed by atoms with Crippen molar-refractivity contribution in [1.29, 1.82) is 0 Å². The van der Waals surface area contributed by atoms with Crippen LogP contribution in [0, 0.1) is 5.82 Å². The molecule has 3 rings (SSSR count). The van der Waals surface area contributed by atoms with Gasteiger partial charge in [-0.15, -0.1) is 0 Å². The zero-order valence-corrected chi connectivity index (χ0v) is 16.3. The molecule has 0 saturated carbocycles. The van der Waals surface area contributed by atoms with Gasteiger partial charge in [0.2, 0.25) is 11.8 Å². The first-order valence-corrected chi connectivity index (χ1v) is 9.93. The Balaban J connectivity index is 1.46. The topological polar surface area (TPSA) is 49.4 Å². The van der Waals surface area contributed by atoms with Gasteiger partial charge in [-0.1, -0.05) is 31.2 Å². The van der Waals surface area contributed by atoms with Gasteiger partial charge in [0.05, 0.1) is 0 Å². The Morgan fingerprint density at radius 3 is 2.32 bits per heavy atom. The molecule has 0 aliphatic carbocycles. The number of halogens is 1. The molecule has 148 valence electrons. The summed E-state index contributed by atoms with van der Waals surface area (Å²) in [5, 5.41) is 2.90. The van der Waals surface area contributed by atoms with E-state index in [-0.39, 0.29) is 23.5 Å². The van der Waals surface area contributed by atoms with Crippen molar-refractivity contribution in [3.63, 3.8) is 0 Å². The Morgan fingerprint density at radius 1 is 1.04 bits per heavy atom. The van der Waals surface area contributed by atoms with Crippen LogP contribution in [0.5, 0.6) is 0 Å². The first-order valence-electron chi connectivity index (χ1n) is 9.93. The van der Waals surface area contributed by atoms with E-state index >= 15 is 0 Å². The number of amides is 2. The summed E-state index contributed by atoms with van der Waals surface area (Å²) in [6.45, 7) is 3.73. The summed E-state index contributed by atoms with van der Waals surface area (Å²) < 4.78 is 13.0. The number of rotatable bonds is 7. The van der Waals surface area contributed by atoms with Gasteiger partial charge in [0.15, 0.2) is 0 Å².